The average Bonchev–Trinajstić information content (AvgIpc) is 2.60. The molecule has 0 heterocycles. The summed E-state index contributed by atoms with van der Waals surface area (Å²) in [5, 5.41) is 0. The Balaban J connectivity index is 2.37. The lowest BCUT2D eigenvalue weighted by atomic mass is 9.79. The Bertz CT molecular complexity index is 264. The Labute approximate surface area is 81.7 Å². The molecular formula is C13H20. The minimum absolute atomic E-state index is 0.794. The van der Waals surface area contributed by atoms with Crippen molar-refractivity contribution in [2.75, 3.05) is 0 Å². The first-order valence-corrected chi connectivity index (χ1v) is 5.47. The largest absolute Gasteiger partial charge is 0.0842 e. The molecule has 0 N–H and O–H groups in total. The Morgan fingerprint density at radius 1 is 1.31 bits per heavy atom. The molecule has 0 aliphatic heterocycles. The number of hydrogen-bond acceptors (Lipinski definition) is 0. The molecule has 0 aromatic heterocycles. The van der Waals surface area contributed by atoms with E-state index in [9.17, 15) is 0 Å². The van der Waals surface area contributed by atoms with E-state index in [1.165, 1.54) is 6.42 Å². The van der Waals surface area contributed by atoms with Crippen LogP contribution in [0.15, 0.2) is 23.3 Å². The van der Waals surface area contributed by atoms with E-state index in [0.717, 1.165) is 23.7 Å². The van der Waals surface area contributed by atoms with Gasteiger partial charge in [0.2, 0.25) is 0 Å². The van der Waals surface area contributed by atoms with Crippen LogP contribution in [0.25, 0.3) is 0 Å². The van der Waals surface area contributed by atoms with Crippen LogP contribution in [0.5, 0.6) is 0 Å². The summed E-state index contributed by atoms with van der Waals surface area (Å²) in [6, 6.07) is 0. The number of fused-ring (bicyclic) bond motifs is 2. The third-order valence-electron chi connectivity index (χ3n) is 3.63. The highest BCUT2D eigenvalue weighted by Gasteiger charge is 2.41. The molecule has 1 fully saturated rings. The van der Waals surface area contributed by atoms with Gasteiger partial charge in [-0.1, -0.05) is 37.1 Å². The molecule has 0 heteroatoms. The molecule has 2 aliphatic rings. The summed E-state index contributed by atoms with van der Waals surface area (Å²) in [5.41, 5.74) is 3.32. The molecule has 0 aromatic rings. The van der Waals surface area contributed by atoms with Crippen LogP contribution in [0, 0.1) is 23.7 Å². The third kappa shape index (κ3) is 1.27. The standard InChI is InChI=1S/C13H20/c1-8(2)12-10-5-6-11(7-10)13(12)9(3)4/h5-6,8,10-12H,7H2,1-4H3. The van der Waals surface area contributed by atoms with Gasteiger partial charge in [0.25, 0.3) is 0 Å². The first kappa shape index (κ1) is 9.05. The van der Waals surface area contributed by atoms with Crippen molar-refractivity contribution >= 4 is 0 Å². The van der Waals surface area contributed by atoms with E-state index in [4.69, 9.17) is 0 Å². The smallest absolute Gasteiger partial charge is 0.00118 e. The SMILES string of the molecule is CC(C)=C1C2C=CC(C2)C1C(C)C. The van der Waals surface area contributed by atoms with Crippen molar-refractivity contribution in [3.05, 3.63) is 23.3 Å². The molecule has 1 saturated carbocycles. The molecule has 2 bridgehead atoms. The van der Waals surface area contributed by atoms with Crippen LogP contribution in [0.2, 0.25) is 0 Å². The van der Waals surface area contributed by atoms with Crippen LogP contribution in [0.3, 0.4) is 0 Å². The zero-order valence-corrected chi connectivity index (χ0v) is 9.17. The van der Waals surface area contributed by atoms with Crippen LogP contribution in [-0.2, 0) is 0 Å². The van der Waals surface area contributed by atoms with Gasteiger partial charge in [0.1, 0.15) is 0 Å². The van der Waals surface area contributed by atoms with Crippen LogP contribution in [-0.4, -0.2) is 0 Å². The molecule has 0 amide bonds. The molecule has 3 atom stereocenters. The summed E-state index contributed by atoms with van der Waals surface area (Å²) in [7, 11) is 0. The fourth-order valence-electron chi connectivity index (χ4n) is 3.26. The summed E-state index contributed by atoms with van der Waals surface area (Å²) in [6.45, 7) is 9.28. The van der Waals surface area contributed by atoms with Gasteiger partial charge in [0, 0.05) is 0 Å². The second-order valence-electron chi connectivity index (χ2n) is 5.12. The van der Waals surface area contributed by atoms with Crippen molar-refractivity contribution in [1.82, 2.24) is 0 Å². The predicted molar refractivity (Wildman–Crippen MR) is 57.4 cm³/mol. The van der Waals surface area contributed by atoms with E-state index in [0.29, 0.717) is 0 Å². The topological polar surface area (TPSA) is 0 Å². The van der Waals surface area contributed by atoms with Crippen LogP contribution in [0.1, 0.15) is 34.1 Å². The maximum Gasteiger partial charge on any atom is -0.00118 e. The van der Waals surface area contributed by atoms with Gasteiger partial charge in [-0.3, -0.25) is 0 Å². The van der Waals surface area contributed by atoms with Gasteiger partial charge in [0.15, 0.2) is 0 Å². The van der Waals surface area contributed by atoms with Gasteiger partial charge < -0.3 is 0 Å². The van der Waals surface area contributed by atoms with E-state index in [1.807, 2.05) is 0 Å². The molecule has 3 unspecified atom stereocenters. The molecule has 0 aromatic carbocycles. The molecule has 13 heavy (non-hydrogen) atoms. The Morgan fingerprint density at radius 3 is 2.46 bits per heavy atom. The fraction of sp³-hybridized carbons (Fsp3) is 0.692. The van der Waals surface area contributed by atoms with Gasteiger partial charge in [-0.05, 0) is 43.9 Å². The molecule has 0 saturated heterocycles. The summed E-state index contributed by atoms with van der Waals surface area (Å²) in [6.07, 6.45) is 6.26. The van der Waals surface area contributed by atoms with Crippen molar-refractivity contribution in [2.45, 2.75) is 34.1 Å². The zero-order valence-electron chi connectivity index (χ0n) is 9.17. The maximum atomic E-state index is 2.45. The first-order chi connectivity index (χ1) is 6.11. The van der Waals surface area contributed by atoms with E-state index < -0.39 is 0 Å². The van der Waals surface area contributed by atoms with Gasteiger partial charge in [-0.15, -0.1) is 0 Å². The fourth-order valence-corrected chi connectivity index (χ4v) is 3.26. The molecule has 2 aliphatic carbocycles. The highest BCUT2D eigenvalue weighted by Crippen LogP contribution is 2.51. The minimum Gasteiger partial charge on any atom is -0.0842 e. The number of allylic oxidation sites excluding steroid dienone is 4. The van der Waals surface area contributed by atoms with Gasteiger partial charge in [-0.25, -0.2) is 0 Å². The van der Waals surface area contributed by atoms with Crippen molar-refractivity contribution in [1.29, 1.82) is 0 Å². The summed E-state index contributed by atoms with van der Waals surface area (Å²) in [5.74, 6) is 3.31. The molecule has 2 rings (SSSR count). The maximum absolute atomic E-state index is 2.45. The Kier molecular flexibility index (Phi) is 2.09. The Hall–Kier alpha value is -0.520. The number of hydrogen-bond donors (Lipinski definition) is 0. The molecule has 0 spiro atoms. The summed E-state index contributed by atoms with van der Waals surface area (Å²) < 4.78 is 0. The van der Waals surface area contributed by atoms with Crippen molar-refractivity contribution in [3.63, 3.8) is 0 Å². The van der Waals surface area contributed by atoms with Gasteiger partial charge in [-0.2, -0.15) is 0 Å². The highest BCUT2D eigenvalue weighted by molar-refractivity contribution is 5.33. The van der Waals surface area contributed by atoms with Crippen LogP contribution >= 0.6 is 0 Å². The lowest BCUT2D eigenvalue weighted by Crippen LogP contribution is -2.17. The normalized spacial score (nSPS) is 36.4. The molecule has 72 valence electrons. The lowest BCUT2D eigenvalue weighted by molar-refractivity contribution is 0.383. The van der Waals surface area contributed by atoms with E-state index in [-0.39, 0.29) is 0 Å². The first-order valence-electron chi connectivity index (χ1n) is 5.47. The second kappa shape index (κ2) is 3.01. The zero-order chi connectivity index (χ0) is 9.59. The third-order valence-corrected chi connectivity index (χ3v) is 3.63. The monoisotopic (exact) mass is 176 g/mol. The van der Waals surface area contributed by atoms with Crippen LogP contribution < -0.4 is 0 Å². The van der Waals surface area contributed by atoms with E-state index in [1.54, 1.807) is 11.1 Å². The average molecular weight is 176 g/mol. The second-order valence-corrected chi connectivity index (χ2v) is 5.12. The van der Waals surface area contributed by atoms with E-state index in [2.05, 4.69) is 39.8 Å². The minimum atomic E-state index is 0.794. The predicted octanol–water partition coefficient (Wildman–Crippen LogP) is 3.80. The highest BCUT2D eigenvalue weighted by atomic mass is 14.5. The van der Waals surface area contributed by atoms with Crippen molar-refractivity contribution in [3.8, 4) is 0 Å². The van der Waals surface area contributed by atoms with Gasteiger partial charge >= 0.3 is 0 Å². The number of rotatable bonds is 1. The van der Waals surface area contributed by atoms with Crippen LogP contribution in [0.4, 0.5) is 0 Å². The lowest BCUT2D eigenvalue weighted by Gasteiger charge is -2.26. The summed E-state index contributed by atoms with van der Waals surface area (Å²) in [4.78, 5) is 0. The molecule has 0 nitrogen and oxygen atoms in total. The molecular weight excluding hydrogens is 156 g/mol. The molecule has 0 radical (unpaired) electrons. The van der Waals surface area contributed by atoms with E-state index >= 15 is 0 Å². The van der Waals surface area contributed by atoms with Crippen molar-refractivity contribution in [2.24, 2.45) is 23.7 Å². The quantitative estimate of drug-likeness (QED) is 0.533. The van der Waals surface area contributed by atoms with Gasteiger partial charge in [0.05, 0.1) is 0 Å². The summed E-state index contributed by atoms with van der Waals surface area (Å²) >= 11 is 0. The Morgan fingerprint density at radius 2 is 2.00 bits per heavy atom. The van der Waals surface area contributed by atoms with Crippen molar-refractivity contribution < 1.29 is 0 Å².